The Morgan fingerprint density at radius 1 is 1.38 bits per heavy atom. The lowest BCUT2D eigenvalue weighted by atomic mass is 10.2. The van der Waals surface area contributed by atoms with Crippen molar-refractivity contribution in [3.63, 3.8) is 0 Å². The van der Waals surface area contributed by atoms with Crippen molar-refractivity contribution in [2.24, 2.45) is 0 Å². The molecule has 4 nitrogen and oxygen atoms in total. The van der Waals surface area contributed by atoms with E-state index in [1.165, 1.54) is 4.90 Å². The predicted molar refractivity (Wildman–Crippen MR) is 64.4 cm³/mol. The number of amides is 3. The molecule has 2 aliphatic rings. The first-order chi connectivity index (χ1) is 7.74. The normalized spacial score (nSPS) is 26.6. The first kappa shape index (κ1) is 11.8. The fourth-order valence-corrected chi connectivity index (χ4v) is 2.96. The molecule has 0 bridgehead atoms. The lowest BCUT2D eigenvalue weighted by Crippen LogP contribution is -2.39. The average Bonchev–Trinajstić information content (AvgIpc) is 2.85. The van der Waals surface area contributed by atoms with Crippen LogP contribution in [0.15, 0.2) is 0 Å². The number of thioether (sulfide) groups is 1. The largest absolute Gasteiger partial charge is 0.326 e. The summed E-state index contributed by atoms with van der Waals surface area (Å²) < 4.78 is 0. The average molecular weight is 242 g/mol. The lowest BCUT2D eigenvalue weighted by Gasteiger charge is -2.20. The molecule has 0 aromatic rings. The third-order valence-electron chi connectivity index (χ3n) is 3.35. The van der Waals surface area contributed by atoms with Crippen molar-refractivity contribution >= 4 is 23.7 Å². The van der Waals surface area contributed by atoms with Crippen LogP contribution in [0.25, 0.3) is 0 Å². The first-order valence-corrected chi connectivity index (χ1v) is 7.26. The minimum atomic E-state index is -0.277. The number of carbonyl (C=O) groups is 2. The standard InChI is InChI=1S/C11H18N2O2S/c1-16-7-6-9-10(14)13(11(15)12-9)8-4-2-3-5-8/h8-9H,2-7H2,1H3,(H,12,15). The van der Waals surface area contributed by atoms with Gasteiger partial charge in [-0.25, -0.2) is 4.79 Å². The summed E-state index contributed by atoms with van der Waals surface area (Å²) in [4.78, 5) is 25.2. The number of rotatable bonds is 4. The molecule has 2 fully saturated rings. The molecule has 1 heterocycles. The van der Waals surface area contributed by atoms with Crippen molar-refractivity contribution in [3.05, 3.63) is 0 Å². The Labute approximate surface area is 100 Å². The van der Waals surface area contributed by atoms with Gasteiger partial charge in [0, 0.05) is 6.04 Å². The minimum Gasteiger partial charge on any atom is -0.326 e. The van der Waals surface area contributed by atoms with Gasteiger partial charge in [0.1, 0.15) is 6.04 Å². The highest BCUT2D eigenvalue weighted by Crippen LogP contribution is 2.26. The number of nitrogens with zero attached hydrogens (tertiary/aromatic N) is 1. The zero-order valence-electron chi connectivity index (χ0n) is 9.57. The third kappa shape index (κ3) is 2.19. The van der Waals surface area contributed by atoms with E-state index in [0.717, 1.165) is 37.9 Å². The summed E-state index contributed by atoms with van der Waals surface area (Å²) in [6.07, 6.45) is 6.99. The van der Waals surface area contributed by atoms with Crippen molar-refractivity contribution in [1.29, 1.82) is 0 Å². The molecule has 0 spiro atoms. The van der Waals surface area contributed by atoms with Crippen LogP contribution in [0.4, 0.5) is 4.79 Å². The second-order valence-electron chi connectivity index (χ2n) is 4.43. The van der Waals surface area contributed by atoms with E-state index in [-0.39, 0.29) is 24.0 Å². The highest BCUT2D eigenvalue weighted by atomic mass is 32.2. The van der Waals surface area contributed by atoms with Crippen LogP contribution in [-0.2, 0) is 4.79 Å². The summed E-state index contributed by atoms with van der Waals surface area (Å²) in [6, 6.07) is -0.296. The van der Waals surface area contributed by atoms with Crippen LogP contribution in [0.1, 0.15) is 32.1 Å². The van der Waals surface area contributed by atoms with Gasteiger partial charge >= 0.3 is 6.03 Å². The molecule has 0 aromatic heterocycles. The van der Waals surface area contributed by atoms with Crippen LogP contribution >= 0.6 is 11.8 Å². The molecule has 3 amide bonds. The smallest absolute Gasteiger partial charge is 0.325 e. The molecule has 1 saturated carbocycles. The van der Waals surface area contributed by atoms with Crippen LogP contribution < -0.4 is 5.32 Å². The van der Waals surface area contributed by atoms with Gasteiger partial charge in [0.15, 0.2) is 0 Å². The molecule has 2 rings (SSSR count). The van der Waals surface area contributed by atoms with Crippen molar-refractivity contribution in [3.8, 4) is 0 Å². The van der Waals surface area contributed by atoms with Gasteiger partial charge < -0.3 is 5.32 Å². The molecule has 1 saturated heterocycles. The molecule has 1 N–H and O–H groups in total. The third-order valence-corrected chi connectivity index (χ3v) is 4.00. The van der Waals surface area contributed by atoms with Gasteiger partial charge in [-0.15, -0.1) is 0 Å². The highest BCUT2D eigenvalue weighted by Gasteiger charge is 2.42. The Morgan fingerprint density at radius 3 is 2.69 bits per heavy atom. The zero-order valence-corrected chi connectivity index (χ0v) is 10.4. The molecule has 1 aliphatic carbocycles. The van der Waals surface area contributed by atoms with Crippen LogP contribution in [0.5, 0.6) is 0 Å². The van der Waals surface area contributed by atoms with Crippen molar-refractivity contribution in [1.82, 2.24) is 10.2 Å². The number of carbonyl (C=O) groups excluding carboxylic acids is 2. The van der Waals surface area contributed by atoms with E-state index in [9.17, 15) is 9.59 Å². The second-order valence-corrected chi connectivity index (χ2v) is 5.42. The van der Waals surface area contributed by atoms with E-state index < -0.39 is 0 Å². The fourth-order valence-electron chi connectivity index (χ4n) is 2.49. The number of urea groups is 1. The summed E-state index contributed by atoms with van der Waals surface area (Å²) in [5.74, 6) is 0.904. The molecule has 1 aliphatic heterocycles. The van der Waals surface area contributed by atoms with Gasteiger partial charge in [-0.3, -0.25) is 9.69 Å². The topological polar surface area (TPSA) is 49.4 Å². The molecule has 5 heteroatoms. The molecule has 0 aromatic carbocycles. The summed E-state index contributed by atoms with van der Waals surface area (Å²) in [6.45, 7) is 0. The molecule has 16 heavy (non-hydrogen) atoms. The quantitative estimate of drug-likeness (QED) is 0.762. The second kappa shape index (κ2) is 5.08. The Kier molecular flexibility index (Phi) is 3.74. The minimum absolute atomic E-state index is 0.00838. The summed E-state index contributed by atoms with van der Waals surface area (Å²) in [7, 11) is 0. The number of hydrogen-bond donors (Lipinski definition) is 1. The van der Waals surface area contributed by atoms with Gasteiger partial charge in [0.25, 0.3) is 5.91 Å². The van der Waals surface area contributed by atoms with Crippen LogP contribution in [0.2, 0.25) is 0 Å². The number of nitrogens with one attached hydrogen (secondary N) is 1. The first-order valence-electron chi connectivity index (χ1n) is 5.86. The maximum atomic E-state index is 12.0. The number of hydrogen-bond acceptors (Lipinski definition) is 3. The number of imide groups is 1. The van der Waals surface area contributed by atoms with E-state index in [0.29, 0.717) is 0 Å². The summed E-state index contributed by atoms with van der Waals surface area (Å²) in [5, 5.41) is 2.79. The van der Waals surface area contributed by atoms with Crippen LogP contribution in [-0.4, -0.2) is 40.9 Å². The lowest BCUT2D eigenvalue weighted by molar-refractivity contribution is -0.129. The van der Waals surface area contributed by atoms with E-state index in [2.05, 4.69) is 5.32 Å². The SMILES string of the molecule is CSCCC1NC(=O)N(C2CCCC2)C1=O. The van der Waals surface area contributed by atoms with Gasteiger partial charge in [0.2, 0.25) is 0 Å². The Balaban J connectivity index is 1.98. The van der Waals surface area contributed by atoms with Gasteiger partial charge in [0.05, 0.1) is 0 Å². The Morgan fingerprint density at radius 2 is 2.06 bits per heavy atom. The molecular weight excluding hydrogens is 224 g/mol. The van der Waals surface area contributed by atoms with Gasteiger partial charge in [-0.1, -0.05) is 12.8 Å². The summed E-state index contributed by atoms with van der Waals surface area (Å²) >= 11 is 1.70. The maximum Gasteiger partial charge on any atom is 0.325 e. The fraction of sp³-hybridized carbons (Fsp3) is 0.818. The molecule has 0 radical (unpaired) electrons. The molecule has 90 valence electrons. The predicted octanol–water partition coefficient (Wildman–Crippen LogP) is 1.60. The van der Waals surface area contributed by atoms with Crippen molar-refractivity contribution in [2.75, 3.05) is 12.0 Å². The Bertz CT molecular complexity index is 290. The molecular formula is C11H18N2O2S. The highest BCUT2D eigenvalue weighted by molar-refractivity contribution is 7.98. The maximum absolute atomic E-state index is 12.0. The summed E-state index contributed by atoms with van der Waals surface area (Å²) in [5.41, 5.74) is 0. The van der Waals surface area contributed by atoms with E-state index in [1.54, 1.807) is 11.8 Å². The van der Waals surface area contributed by atoms with E-state index >= 15 is 0 Å². The molecule has 1 atom stereocenters. The van der Waals surface area contributed by atoms with Crippen LogP contribution in [0, 0.1) is 0 Å². The van der Waals surface area contributed by atoms with Crippen molar-refractivity contribution in [2.45, 2.75) is 44.2 Å². The van der Waals surface area contributed by atoms with Gasteiger partial charge in [-0.05, 0) is 31.3 Å². The van der Waals surface area contributed by atoms with Crippen LogP contribution in [0.3, 0.4) is 0 Å². The zero-order chi connectivity index (χ0) is 11.5. The van der Waals surface area contributed by atoms with E-state index in [4.69, 9.17) is 0 Å². The monoisotopic (exact) mass is 242 g/mol. The van der Waals surface area contributed by atoms with E-state index in [1.807, 2.05) is 6.26 Å². The molecule has 1 unspecified atom stereocenters. The van der Waals surface area contributed by atoms with Crippen molar-refractivity contribution < 1.29 is 9.59 Å². The Hall–Kier alpha value is -0.710. The van der Waals surface area contributed by atoms with Gasteiger partial charge in [-0.2, -0.15) is 11.8 Å².